The van der Waals surface area contributed by atoms with Gasteiger partial charge in [0.1, 0.15) is 0 Å². The lowest BCUT2D eigenvalue weighted by molar-refractivity contribution is -0.385. The largest absolute Gasteiger partial charge is 0.337 e. The number of fused-ring (bicyclic) bond motifs is 1. The Labute approximate surface area is 145 Å². The number of carbonyl (C=O) groups is 2. The summed E-state index contributed by atoms with van der Waals surface area (Å²) in [7, 11) is 3.47. The van der Waals surface area contributed by atoms with Crippen LogP contribution in [-0.4, -0.2) is 46.2 Å². The second kappa shape index (κ2) is 5.03. The molecule has 7 heteroatoms. The molecule has 2 heterocycles. The molecule has 2 atom stereocenters. The van der Waals surface area contributed by atoms with Crippen molar-refractivity contribution in [2.24, 2.45) is 5.41 Å². The molecule has 0 aromatic heterocycles. The minimum Gasteiger partial charge on any atom is -0.337 e. The molecule has 2 aliphatic heterocycles. The molecule has 3 fully saturated rings. The third-order valence-electron chi connectivity index (χ3n) is 6.55. The lowest BCUT2D eigenvalue weighted by Crippen LogP contribution is -2.88. The van der Waals surface area contributed by atoms with Crippen molar-refractivity contribution < 1.29 is 14.5 Å². The molecule has 1 aromatic carbocycles. The third-order valence-corrected chi connectivity index (χ3v) is 6.55. The van der Waals surface area contributed by atoms with Gasteiger partial charge in [0.05, 0.1) is 16.5 Å². The molecule has 2 spiro atoms. The fourth-order valence-electron chi connectivity index (χ4n) is 5.42. The molecule has 4 rings (SSSR count). The highest BCUT2D eigenvalue weighted by Crippen LogP contribution is 2.67. The quantitative estimate of drug-likeness (QED) is 0.357. The van der Waals surface area contributed by atoms with Gasteiger partial charge in [-0.1, -0.05) is 31.4 Å². The Morgan fingerprint density at radius 2 is 1.80 bits per heavy atom. The lowest BCUT2D eigenvalue weighted by atomic mass is 9.46. The van der Waals surface area contributed by atoms with E-state index in [1.165, 1.54) is 12.1 Å². The van der Waals surface area contributed by atoms with E-state index >= 15 is 0 Å². The predicted octanol–water partition coefficient (Wildman–Crippen LogP) is 2.27. The summed E-state index contributed by atoms with van der Waals surface area (Å²) in [6.45, 7) is 0. The molecule has 1 aromatic rings. The van der Waals surface area contributed by atoms with E-state index in [0.29, 0.717) is 5.56 Å². The number of carbonyl (C=O) groups excluding carboxylic acids is 2. The Hall–Kier alpha value is -2.44. The zero-order valence-corrected chi connectivity index (χ0v) is 14.4. The highest BCUT2D eigenvalue weighted by Gasteiger charge is 2.82. The molecule has 7 nitrogen and oxygen atoms in total. The Morgan fingerprint density at radius 1 is 1.12 bits per heavy atom. The number of nitrogens with zero attached hydrogens (tertiary/aromatic N) is 3. The standard InChI is InChI=1S/C18H21N3O4/c1-19-14(12-7-6-8-13(11-12)21(24)25)18(15(19)22)16(23)20(2)17(18)9-4-3-5-10-17/h6-8,11,14H,3-5,9-10H2,1-2H3/t14-,18-/m0/s1. The number of amides is 2. The second-order valence-electron chi connectivity index (χ2n) is 7.44. The van der Waals surface area contributed by atoms with Crippen LogP contribution < -0.4 is 0 Å². The van der Waals surface area contributed by atoms with Crippen molar-refractivity contribution in [2.75, 3.05) is 14.1 Å². The zero-order valence-electron chi connectivity index (χ0n) is 14.4. The van der Waals surface area contributed by atoms with E-state index in [9.17, 15) is 19.7 Å². The summed E-state index contributed by atoms with van der Waals surface area (Å²) in [5.41, 5.74) is -0.867. The van der Waals surface area contributed by atoms with Crippen molar-refractivity contribution in [3.8, 4) is 0 Å². The van der Waals surface area contributed by atoms with Gasteiger partial charge < -0.3 is 9.80 Å². The first-order chi connectivity index (χ1) is 11.9. The van der Waals surface area contributed by atoms with E-state index in [0.717, 1.165) is 32.1 Å². The third kappa shape index (κ3) is 1.66. The molecular weight excluding hydrogens is 322 g/mol. The molecule has 0 bridgehead atoms. The van der Waals surface area contributed by atoms with Crippen LogP contribution in [0.25, 0.3) is 0 Å². The average molecular weight is 343 g/mol. The van der Waals surface area contributed by atoms with Crippen LogP contribution in [0.4, 0.5) is 5.69 Å². The van der Waals surface area contributed by atoms with Gasteiger partial charge >= 0.3 is 0 Å². The SMILES string of the molecule is CN1C(=O)[C@]2(C(=O)N(C)C23CCCCC3)[C@@H]1c1cccc([N+](=O)[O-])c1. The maximum absolute atomic E-state index is 12.9. The van der Waals surface area contributed by atoms with Crippen molar-refractivity contribution >= 4 is 17.5 Å². The number of nitro benzene ring substituents is 1. The zero-order chi connectivity index (χ0) is 18.0. The van der Waals surface area contributed by atoms with Crippen molar-refractivity contribution in [3.05, 3.63) is 39.9 Å². The van der Waals surface area contributed by atoms with Crippen molar-refractivity contribution in [1.29, 1.82) is 0 Å². The Kier molecular flexibility index (Phi) is 3.23. The first-order valence-corrected chi connectivity index (χ1v) is 8.68. The van der Waals surface area contributed by atoms with Crippen LogP contribution in [0, 0.1) is 15.5 Å². The van der Waals surface area contributed by atoms with Crippen molar-refractivity contribution in [1.82, 2.24) is 9.80 Å². The summed E-state index contributed by atoms with van der Waals surface area (Å²) >= 11 is 0. The second-order valence-corrected chi connectivity index (χ2v) is 7.44. The molecule has 3 aliphatic rings. The molecule has 2 saturated heterocycles. The Morgan fingerprint density at radius 3 is 2.44 bits per heavy atom. The van der Waals surface area contributed by atoms with E-state index in [-0.39, 0.29) is 17.5 Å². The van der Waals surface area contributed by atoms with Crippen LogP contribution >= 0.6 is 0 Å². The minimum absolute atomic E-state index is 0.0155. The van der Waals surface area contributed by atoms with Crippen LogP contribution in [0.2, 0.25) is 0 Å². The fraction of sp³-hybridized carbons (Fsp3) is 0.556. The summed E-state index contributed by atoms with van der Waals surface area (Å²) in [6.07, 6.45) is 4.75. The maximum Gasteiger partial charge on any atom is 0.269 e. The summed E-state index contributed by atoms with van der Waals surface area (Å²) in [6, 6.07) is 5.91. The summed E-state index contributed by atoms with van der Waals surface area (Å²) in [5.74, 6) is -0.289. The normalized spacial score (nSPS) is 30.4. The molecule has 132 valence electrons. The molecule has 0 unspecified atom stereocenters. The van der Waals surface area contributed by atoms with E-state index in [4.69, 9.17) is 0 Å². The Balaban J connectivity index is 1.83. The van der Waals surface area contributed by atoms with Gasteiger partial charge in [0.2, 0.25) is 11.8 Å². The van der Waals surface area contributed by atoms with Crippen LogP contribution in [0.3, 0.4) is 0 Å². The fourth-order valence-corrected chi connectivity index (χ4v) is 5.42. The summed E-state index contributed by atoms with van der Waals surface area (Å²) in [4.78, 5) is 39.9. The van der Waals surface area contributed by atoms with Gasteiger partial charge in [-0.3, -0.25) is 19.7 Å². The molecule has 1 saturated carbocycles. The lowest BCUT2D eigenvalue weighted by Gasteiger charge is -2.72. The van der Waals surface area contributed by atoms with E-state index in [1.54, 1.807) is 36.0 Å². The van der Waals surface area contributed by atoms with Gasteiger partial charge in [0, 0.05) is 26.2 Å². The molecule has 0 N–H and O–H groups in total. The van der Waals surface area contributed by atoms with E-state index in [2.05, 4.69) is 0 Å². The highest BCUT2D eigenvalue weighted by molar-refractivity contribution is 6.16. The van der Waals surface area contributed by atoms with E-state index in [1.807, 2.05) is 0 Å². The molecule has 2 amide bonds. The van der Waals surface area contributed by atoms with Crippen LogP contribution in [0.15, 0.2) is 24.3 Å². The van der Waals surface area contributed by atoms with E-state index < -0.39 is 21.9 Å². The van der Waals surface area contributed by atoms with Crippen LogP contribution in [0.5, 0.6) is 0 Å². The van der Waals surface area contributed by atoms with Gasteiger partial charge in [-0.25, -0.2) is 0 Å². The Bertz CT molecular complexity index is 776. The van der Waals surface area contributed by atoms with Gasteiger partial charge in [0.15, 0.2) is 5.41 Å². The molecule has 25 heavy (non-hydrogen) atoms. The van der Waals surface area contributed by atoms with Gasteiger partial charge in [-0.2, -0.15) is 0 Å². The van der Waals surface area contributed by atoms with Crippen molar-refractivity contribution in [2.45, 2.75) is 43.7 Å². The average Bonchev–Trinajstić information content (AvgIpc) is 2.64. The maximum atomic E-state index is 12.9. The van der Waals surface area contributed by atoms with Gasteiger partial charge in [0.25, 0.3) is 5.69 Å². The monoisotopic (exact) mass is 343 g/mol. The van der Waals surface area contributed by atoms with Gasteiger partial charge in [-0.05, 0) is 18.4 Å². The topological polar surface area (TPSA) is 83.8 Å². The molecule has 1 aliphatic carbocycles. The predicted molar refractivity (Wildman–Crippen MR) is 89.6 cm³/mol. The number of non-ortho nitro benzene ring substituents is 1. The smallest absolute Gasteiger partial charge is 0.269 e. The number of hydrogen-bond acceptors (Lipinski definition) is 4. The highest BCUT2D eigenvalue weighted by atomic mass is 16.6. The number of nitro groups is 1. The van der Waals surface area contributed by atoms with Crippen LogP contribution in [0.1, 0.15) is 43.7 Å². The number of rotatable bonds is 2. The van der Waals surface area contributed by atoms with Crippen molar-refractivity contribution in [3.63, 3.8) is 0 Å². The minimum atomic E-state index is -1.08. The first kappa shape index (κ1) is 16.1. The number of benzene rings is 1. The van der Waals surface area contributed by atoms with Gasteiger partial charge in [-0.15, -0.1) is 0 Å². The number of likely N-dealkylation sites (tertiary alicyclic amines) is 2. The number of β-lactam (4-membered cyclic amide) rings is 2. The number of hydrogen-bond donors (Lipinski definition) is 0. The first-order valence-electron chi connectivity index (χ1n) is 8.68. The summed E-state index contributed by atoms with van der Waals surface area (Å²) < 4.78 is 0. The molecule has 0 radical (unpaired) electrons. The summed E-state index contributed by atoms with van der Waals surface area (Å²) in [5, 5.41) is 11.1. The van der Waals surface area contributed by atoms with Crippen LogP contribution in [-0.2, 0) is 9.59 Å². The molecular formula is C18H21N3O4.